The van der Waals surface area contributed by atoms with Crippen molar-refractivity contribution in [3.63, 3.8) is 0 Å². The van der Waals surface area contributed by atoms with E-state index in [-0.39, 0.29) is 23.9 Å². The third-order valence-corrected chi connectivity index (χ3v) is 5.27. The number of halogens is 2. The zero-order chi connectivity index (χ0) is 21.3. The van der Waals surface area contributed by atoms with Crippen LogP contribution in [-0.4, -0.2) is 27.5 Å². The zero-order valence-electron chi connectivity index (χ0n) is 16.4. The first-order valence-electron chi connectivity index (χ1n) is 9.35. The number of hydrogen-bond acceptors (Lipinski definition) is 3. The Labute approximate surface area is 173 Å². The average molecular weight is 417 g/mol. The predicted molar refractivity (Wildman–Crippen MR) is 111 cm³/mol. The normalized spacial score (nSPS) is 12.2. The largest absolute Gasteiger partial charge is 0.505 e. The molecule has 1 atom stereocenters. The second-order valence-electron chi connectivity index (χ2n) is 7.09. The number of aromatic nitrogens is 1. The maximum atomic E-state index is 14.1. The molecular formula is C22H22ClFN2O3. The number of rotatable bonds is 5. The molecule has 0 spiro atoms. The van der Waals surface area contributed by atoms with E-state index in [0.29, 0.717) is 27.2 Å². The Kier molecular flexibility index (Phi) is 5.94. The number of nitrogens with one attached hydrogen (secondary N) is 1. The van der Waals surface area contributed by atoms with Crippen molar-refractivity contribution in [1.82, 2.24) is 9.88 Å². The summed E-state index contributed by atoms with van der Waals surface area (Å²) in [5, 5.41) is 13.6. The summed E-state index contributed by atoms with van der Waals surface area (Å²) in [6.45, 7) is 5.56. The fourth-order valence-electron chi connectivity index (χ4n) is 3.31. The molecule has 7 heteroatoms. The minimum atomic E-state index is -0.842. The lowest BCUT2D eigenvalue weighted by molar-refractivity contribution is -0.121. The number of carbonyl (C=O) groups excluding carboxylic acids is 2. The van der Waals surface area contributed by atoms with E-state index < -0.39 is 17.5 Å². The molecule has 2 aromatic carbocycles. The average Bonchev–Trinajstić information content (AvgIpc) is 2.92. The maximum absolute atomic E-state index is 14.1. The maximum Gasteiger partial charge on any atom is 0.262 e. The van der Waals surface area contributed by atoms with Crippen LogP contribution in [0.3, 0.4) is 0 Å². The van der Waals surface area contributed by atoms with Gasteiger partial charge >= 0.3 is 0 Å². The van der Waals surface area contributed by atoms with Crippen molar-refractivity contribution in [2.24, 2.45) is 0 Å². The molecule has 3 rings (SSSR count). The Morgan fingerprint density at radius 2 is 2.00 bits per heavy atom. The van der Waals surface area contributed by atoms with Gasteiger partial charge in [-0.2, -0.15) is 0 Å². The van der Waals surface area contributed by atoms with Gasteiger partial charge in [0.1, 0.15) is 0 Å². The van der Waals surface area contributed by atoms with E-state index in [1.165, 1.54) is 16.7 Å². The van der Waals surface area contributed by atoms with Crippen LogP contribution in [0.25, 0.3) is 10.9 Å². The predicted octanol–water partition coefficient (Wildman–Crippen LogP) is 4.59. The van der Waals surface area contributed by atoms with Gasteiger partial charge in [0, 0.05) is 33.8 Å². The molecule has 29 heavy (non-hydrogen) atoms. The van der Waals surface area contributed by atoms with Crippen LogP contribution < -0.4 is 5.32 Å². The van der Waals surface area contributed by atoms with Crippen molar-refractivity contribution in [3.05, 3.63) is 64.1 Å². The molecule has 0 aliphatic heterocycles. The highest BCUT2D eigenvalue weighted by Gasteiger charge is 2.23. The summed E-state index contributed by atoms with van der Waals surface area (Å²) >= 11 is 6.01. The second kappa shape index (κ2) is 8.25. The highest BCUT2D eigenvalue weighted by Crippen LogP contribution is 2.32. The van der Waals surface area contributed by atoms with E-state index in [4.69, 9.17) is 11.6 Å². The van der Waals surface area contributed by atoms with Crippen molar-refractivity contribution in [2.75, 3.05) is 0 Å². The molecule has 1 amide bonds. The van der Waals surface area contributed by atoms with E-state index in [2.05, 4.69) is 5.32 Å². The second-order valence-corrected chi connectivity index (χ2v) is 7.53. The molecule has 0 saturated heterocycles. The number of nitrogens with zero attached hydrogens (tertiary/aromatic N) is 1. The number of carbonyl (C=O) groups is 2. The molecule has 0 aliphatic carbocycles. The molecule has 1 aromatic heterocycles. The van der Waals surface area contributed by atoms with Gasteiger partial charge in [0.2, 0.25) is 5.91 Å². The van der Waals surface area contributed by atoms with Gasteiger partial charge in [-0.25, -0.2) is 4.39 Å². The van der Waals surface area contributed by atoms with Crippen LogP contribution in [0.4, 0.5) is 4.39 Å². The summed E-state index contributed by atoms with van der Waals surface area (Å²) in [6, 6.07) is 8.83. The Bertz CT molecular complexity index is 1110. The summed E-state index contributed by atoms with van der Waals surface area (Å²) in [5.41, 5.74) is 1.69. The third-order valence-electron chi connectivity index (χ3n) is 5.04. The lowest BCUT2D eigenvalue weighted by Crippen LogP contribution is -2.33. The minimum Gasteiger partial charge on any atom is -0.505 e. The van der Waals surface area contributed by atoms with E-state index in [9.17, 15) is 19.1 Å². The first-order valence-corrected chi connectivity index (χ1v) is 9.72. The van der Waals surface area contributed by atoms with Gasteiger partial charge in [0.25, 0.3) is 5.91 Å². The summed E-state index contributed by atoms with van der Waals surface area (Å²) in [5.74, 6) is -1.98. The molecule has 152 valence electrons. The highest BCUT2D eigenvalue weighted by atomic mass is 35.5. The Morgan fingerprint density at radius 3 is 2.66 bits per heavy atom. The Hall–Kier alpha value is -2.86. The van der Waals surface area contributed by atoms with Crippen LogP contribution in [0.1, 0.15) is 41.9 Å². The molecule has 1 heterocycles. The van der Waals surface area contributed by atoms with Crippen LogP contribution in [0, 0.1) is 12.7 Å². The van der Waals surface area contributed by atoms with E-state index in [1.807, 2.05) is 13.8 Å². The van der Waals surface area contributed by atoms with Gasteiger partial charge in [-0.05, 0) is 50.1 Å². The molecule has 5 nitrogen and oxygen atoms in total. The van der Waals surface area contributed by atoms with Gasteiger partial charge in [0.15, 0.2) is 11.6 Å². The zero-order valence-corrected chi connectivity index (χ0v) is 17.2. The Balaban J connectivity index is 2.15. The molecule has 0 unspecified atom stereocenters. The topological polar surface area (TPSA) is 71.3 Å². The van der Waals surface area contributed by atoms with Crippen LogP contribution in [0.2, 0.25) is 5.02 Å². The Morgan fingerprint density at radius 1 is 1.28 bits per heavy atom. The third kappa shape index (κ3) is 4.12. The summed E-state index contributed by atoms with van der Waals surface area (Å²) in [7, 11) is 0. The number of phenols is 1. The molecule has 0 aliphatic rings. The van der Waals surface area contributed by atoms with Crippen molar-refractivity contribution in [3.8, 4) is 5.75 Å². The number of amides is 1. The monoisotopic (exact) mass is 416 g/mol. The van der Waals surface area contributed by atoms with Crippen LogP contribution in [0.15, 0.2) is 36.4 Å². The minimum absolute atomic E-state index is 0.00751. The van der Waals surface area contributed by atoms with Crippen LogP contribution in [0.5, 0.6) is 5.75 Å². The SMILES string of the molecule is CC[C@H](C)NC(=O)Cc1c(C)n(C(=O)c2cccc(Cl)c2)c2cc(F)c(O)cc12. The van der Waals surface area contributed by atoms with Gasteiger partial charge < -0.3 is 10.4 Å². The fourth-order valence-corrected chi connectivity index (χ4v) is 3.50. The first-order chi connectivity index (χ1) is 13.7. The van der Waals surface area contributed by atoms with Gasteiger partial charge in [-0.1, -0.05) is 24.6 Å². The van der Waals surface area contributed by atoms with Crippen molar-refractivity contribution in [2.45, 2.75) is 39.7 Å². The van der Waals surface area contributed by atoms with Crippen molar-refractivity contribution < 1.29 is 19.1 Å². The van der Waals surface area contributed by atoms with Gasteiger partial charge in [-0.3, -0.25) is 14.2 Å². The lowest BCUT2D eigenvalue weighted by Gasteiger charge is -2.12. The van der Waals surface area contributed by atoms with Crippen LogP contribution in [-0.2, 0) is 11.2 Å². The molecule has 0 saturated carbocycles. The molecular weight excluding hydrogens is 395 g/mol. The summed E-state index contributed by atoms with van der Waals surface area (Å²) in [6.07, 6.45) is 0.791. The van der Waals surface area contributed by atoms with Crippen LogP contribution >= 0.6 is 11.6 Å². The standard InChI is InChI=1S/C22H22ClFN2O3/c1-4-12(2)25-21(28)10-16-13(3)26(19-11-18(24)20(27)9-17(16)19)22(29)14-6-5-7-15(23)8-14/h5-9,11-12,27H,4,10H2,1-3H3,(H,25,28)/t12-/m0/s1. The molecule has 2 N–H and O–H groups in total. The van der Waals surface area contributed by atoms with Gasteiger partial charge in [0.05, 0.1) is 11.9 Å². The number of benzene rings is 2. The molecule has 0 bridgehead atoms. The van der Waals surface area contributed by atoms with E-state index in [0.717, 1.165) is 12.5 Å². The van der Waals surface area contributed by atoms with E-state index >= 15 is 0 Å². The lowest BCUT2D eigenvalue weighted by atomic mass is 10.1. The van der Waals surface area contributed by atoms with Gasteiger partial charge in [-0.15, -0.1) is 0 Å². The molecule has 0 radical (unpaired) electrons. The number of hydrogen-bond donors (Lipinski definition) is 2. The molecule has 0 fully saturated rings. The highest BCUT2D eigenvalue weighted by molar-refractivity contribution is 6.31. The quantitative estimate of drug-likeness (QED) is 0.638. The van der Waals surface area contributed by atoms with Crippen molar-refractivity contribution >= 4 is 34.3 Å². The first kappa shape index (κ1) is 20.9. The smallest absolute Gasteiger partial charge is 0.262 e. The molecule has 3 aromatic rings. The number of aromatic hydroxyl groups is 1. The summed E-state index contributed by atoms with van der Waals surface area (Å²) in [4.78, 5) is 25.6. The summed E-state index contributed by atoms with van der Waals surface area (Å²) < 4.78 is 15.5. The fraction of sp³-hybridized carbons (Fsp3) is 0.273. The van der Waals surface area contributed by atoms with Crippen molar-refractivity contribution in [1.29, 1.82) is 0 Å². The number of fused-ring (bicyclic) bond motifs is 1. The van der Waals surface area contributed by atoms with E-state index in [1.54, 1.807) is 25.1 Å². The number of phenolic OH excluding ortho intramolecular Hbond substituents is 1.